The van der Waals surface area contributed by atoms with Gasteiger partial charge in [-0.2, -0.15) is 0 Å². The SMILES string of the molecule is CC(C)P(C(C)C)C(C)C.CC(C)P(C(C)C)C(C)C.[I-].[I-].[Ni+2]. The topological polar surface area (TPSA) is 0 Å². The molecular formula is C18H42I2NiP2. The quantitative estimate of drug-likeness (QED) is 0.236. The molecule has 0 unspecified atom stereocenters. The first-order chi connectivity index (χ1) is 8.93. The van der Waals surface area contributed by atoms with Crippen LogP contribution in [0.3, 0.4) is 0 Å². The van der Waals surface area contributed by atoms with Crippen molar-refractivity contribution in [1.29, 1.82) is 0 Å². The van der Waals surface area contributed by atoms with Crippen LogP contribution < -0.4 is 48.0 Å². The molecule has 0 aromatic rings. The van der Waals surface area contributed by atoms with Crippen molar-refractivity contribution < 1.29 is 64.4 Å². The summed E-state index contributed by atoms with van der Waals surface area (Å²) in [5.74, 6) is 0. The molecule has 0 aromatic heterocycles. The zero-order valence-electron chi connectivity index (χ0n) is 17.4. The predicted molar refractivity (Wildman–Crippen MR) is 105 cm³/mol. The molecule has 0 spiro atoms. The summed E-state index contributed by atoms with van der Waals surface area (Å²) >= 11 is 0. The molecule has 0 bridgehead atoms. The number of hydrogen-bond acceptors (Lipinski definition) is 0. The van der Waals surface area contributed by atoms with Gasteiger partial charge in [0.05, 0.1) is 0 Å². The third-order valence-corrected chi connectivity index (χ3v) is 10.7. The van der Waals surface area contributed by atoms with Gasteiger partial charge in [-0.05, 0) is 34.0 Å². The maximum Gasteiger partial charge on any atom is 2.00 e. The molecule has 0 rings (SSSR count). The van der Waals surface area contributed by atoms with Crippen molar-refractivity contribution in [3.8, 4) is 0 Å². The molecule has 0 aliphatic rings. The summed E-state index contributed by atoms with van der Waals surface area (Å²) in [5.41, 5.74) is 5.39. The molecule has 0 radical (unpaired) electrons. The van der Waals surface area contributed by atoms with E-state index in [2.05, 4.69) is 83.1 Å². The first-order valence-electron chi connectivity index (χ1n) is 8.48. The van der Waals surface area contributed by atoms with Crippen LogP contribution in [-0.2, 0) is 16.5 Å². The predicted octanol–water partition coefficient (Wildman–Crippen LogP) is 1.39. The van der Waals surface area contributed by atoms with Gasteiger partial charge in [0.15, 0.2) is 0 Å². The van der Waals surface area contributed by atoms with Crippen molar-refractivity contribution in [2.24, 2.45) is 0 Å². The first-order valence-corrected chi connectivity index (χ1v) is 11.6. The Labute approximate surface area is 195 Å². The van der Waals surface area contributed by atoms with Gasteiger partial charge in [0, 0.05) is 0 Å². The Morgan fingerprint density at radius 1 is 0.348 bits per heavy atom. The molecule has 0 amide bonds. The van der Waals surface area contributed by atoms with Gasteiger partial charge >= 0.3 is 16.5 Å². The molecule has 5 heteroatoms. The molecule has 0 atom stereocenters. The van der Waals surface area contributed by atoms with Gasteiger partial charge in [0.1, 0.15) is 0 Å². The van der Waals surface area contributed by atoms with Gasteiger partial charge in [0.2, 0.25) is 0 Å². The van der Waals surface area contributed by atoms with Crippen LogP contribution in [0, 0.1) is 0 Å². The van der Waals surface area contributed by atoms with E-state index in [4.69, 9.17) is 0 Å². The summed E-state index contributed by atoms with van der Waals surface area (Å²) in [4.78, 5) is 0. The molecule has 0 aromatic carbocycles. The van der Waals surface area contributed by atoms with Crippen molar-refractivity contribution >= 4 is 15.8 Å². The van der Waals surface area contributed by atoms with Crippen molar-refractivity contribution in [1.82, 2.24) is 0 Å². The molecule has 0 saturated heterocycles. The Balaban J connectivity index is -0.0000000831. The second-order valence-electron chi connectivity index (χ2n) is 7.46. The van der Waals surface area contributed by atoms with E-state index in [-0.39, 0.29) is 80.3 Å². The van der Waals surface area contributed by atoms with E-state index in [1.165, 1.54) is 0 Å². The molecule has 0 aliphatic carbocycles. The standard InChI is InChI=1S/2C9H21P.2HI.Ni/c2*1-7(2)10(8(3)4)9(5)6;;;/h2*7-9H,1-6H3;2*1H;/q;;;;+2/p-2. The summed E-state index contributed by atoms with van der Waals surface area (Å²) in [6, 6.07) is 0. The zero-order valence-corrected chi connectivity index (χ0v) is 24.5. The number of halogens is 2. The Hall–Kier alpha value is 2.81. The van der Waals surface area contributed by atoms with Crippen LogP contribution in [0.4, 0.5) is 0 Å². The van der Waals surface area contributed by atoms with Crippen molar-refractivity contribution in [2.75, 3.05) is 0 Å². The number of hydrogen-bond donors (Lipinski definition) is 0. The zero-order chi connectivity index (χ0) is 16.6. The van der Waals surface area contributed by atoms with Gasteiger partial charge in [-0.15, -0.1) is 0 Å². The van der Waals surface area contributed by atoms with E-state index in [0.717, 1.165) is 34.0 Å². The van der Waals surface area contributed by atoms with Gasteiger partial charge < -0.3 is 48.0 Å². The van der Waals surface area contributed by atoms with Crippen LogP contribution in [0.1, 0.15) is 83.1 Å². The maximum absolute atomic E-state index is 2.35. The Kier molecular flexibility index (Phi) is 31.2. The van der Waals surface area contributed by atoms with Crippen LogP contribution in [0.25, 0.3) is 0 Å². The second kappa shape index (κ2) is 19.6. The summed E-state index contributed by atoms with van der Waals surface area (Å²) in [6.07, 6.45) is 0. The fourth-order valence-corrected chi connectivity index (χ4v) is 10.7. The van der Waals surface area contributed by atoms with Crippen LogP contribution in [-0.4, -0.2) is 34.0 Å². The minimum absolute atomic E-state index is 0. The summed E-state index contributed by atoms with van der Waals surface area (Å²) in [6.45, 7) is 28.2. The fourth-order valence-electron chi connectivity index (χ4n) is 3.58. The average Bonchev–Trinajstić information content (AvgIpc) is 2.12. The molecule has 0 N–H and O–H groups in total. The fraction of sp³-hybridized carbons (Fsp3) is 1.00. The van der Waals surface area contributed by atoms with Crippen LogP contribution in [0.2, 0.25) is 0 Å². The third kappa shape index (κ3) is 18.0. The number of rotatable bonds is 6. The molecule has 23 heavy (non-hydrogen) atoms. The van der Waals surface area contributed by atoms with Gasteiger partial charge in [-0.3, -0.25) is 0 Å². The molecule has 0 aliphatic heterocycles. The summed E-state index contributed by atoms with van der Waals surface area (Å²) in [5, 5.41) is 0. The Morgan fingerprint density at radius 3 is 0.435 bits per heavy atom. The van der Waals surface area contributed by atoms with E-state index in [1.807, 2.05) is 0 Å². The molecule has 0 heterocycles. The largest absolute Gasteiger partial charge is 2.00 e. The third-order valence-electron chi connectivity index (χ3n) is 3.58. The van der Waals surface area contributed by atoms with Crippen molar-refractivity contribution in [3.63, 3.8) is 0 Å². The van der Waals surface area contributed by atoms with E-state index < -0.39 is 0 Å². The minimum Gasteiger partial charge on any atom is -1.00 e. The Morgan fingerprint density at radius 2 is 0.435 bits per heavy atom. The summed E-state index contributed by atoms with van der Waals surface area (Å²) in [7, 11) is 0.525. The first kappa shape index (κ1) is 36.7. The van der Waals surface area contributed by atoms with Gasteiger partial charge in [0.25, 0.3) is 0 Å². The van der Waals surface area contributed by atoms with E-state index in [1.54, 1.807) is 0 Å². The average molecular weight is 633 g/mol. The summed E-state index contributed by atoms with van der Waals surface area (Å²) < 4.78 is 0. The molecule has 0 nitrogen and oxygen atoms in total. The van der Waals surface area contributed by atoms with Gasteiger partial charge in [-0.1, -0.05) is 98.9 Å². The molecular weight excluding hydrogens is 591 g/mol. The van der Waals surface area contributed by atoms with Crippen LogP contribution in [0.15, 0.2) is 0 Å². The van der Waals surface area contributed by atoms with Crippen molar-refractivity contribution in [3.05, 3.63) is 0 Å². The Bertz CT molecular complexity index is 171. The van der Waals surface area contributed by atoms with E-state index >= 15 is 0 Å². The van der Waals surface area contributed by atoms with Crippen LogP contribution >= 0.6 is 15.8 Å². The molecule has 148 valence electrons. The molecule has 0 saturated carbocycles. The van der Waals surface area contributed by atoms with Gasteiger partial charge in [-0.25, -0.2) is 0 Å². The van der Waals surface area contributed by atoms with Crippen LogP contribution in [0.5, 0.6) is 0 Å². The monoisotopic (exact) mass is 632 g/mol. The second-order valence-corrected chi connectivity index (χ2v) is 15.4. The smallest absolute Gasteiger partial charge is 1.00 e. The normalized spacial score (nSPS) is 11.0. The van der Waals surface area contributed by atoms with E-state index in [9.17, 15) is 0 Å². The van der Waals surface area contributed by atoms with E-state index in [0.29, 0.717) is 0 Å². The minimum atomic E-state index is 0. The van der Waals surface area contributed by atoms with Crippen molar-refractivity contribution in [2.45, 2.75) is 117 Å². The molecule has 0 fully saturated rings. The maximum atomic E-state index is 2.35.